The zero-order valence-electron chi connectivity index (χ0n) is 11.3. The van der Waals surface area contributed by atoms with Gasteiger partial charge >= 0.3 is 0 Å². The first kappa shape index (κ1) is 12.9. The van der Waals surface area contributed by atoms with Crippen molar-refractivity contribution < 1.29 is 4.79 Å². The molecule has 1 aromatic rings. The van der Waals surface area contributed by atoms with Gasteiger partial charge in [-0.05, 0) is 24.3 Å². The molecule has 1 aliphatic rings. The summed E-state index contributed by atoms with van der Waals surface area (Å²) in [6.45, 7) is 6.17. The number of piperidine rings is 1. The topological polar surface area (TPSA) is 38.1 Å². The molecule has 0 saturated carbocycles. The highest BCUT2D eigenvalue weighted by Gasteiger charge is 2.23. The van der Waals surface area contributed by atoms with Gasteiger partial charge in [0.25, 0.3) is 0 Å². The Kier molecular flexibility index (Phi) is 3.84. The first-order chi connectivity index (χ1) is 8.54. The maximum Gasteiger partial charge on any atom is 0.246 e. The van der Waals surface area contributed by atoms with Crippen LogP contribution in [0, 0.1) is 11.8 Å². The molecule has 4 heteroatoms. The minimum atomic E-state index is 0.109. The summed E-state index contributed by atoms with van der Waals surface area (Å²) in [5.41, 5.74) is 0.962. The summed E-state index contributed by atoms with van der Waals surface area (Å²) >= 11 is 0. The molecule has 0 aromatic carbocycles. The molecule has 0 N–H and O–H groups in total. The van der Waals surface area contributed by atoms with Gasteiger partial charge in [0.2, 0.25) is 5.91 Å². The lowest BCUT2D eigenvalue weighted by Crippen LogP contribution is -2.41. The van der Waals surface area contributed by atoms with Gasteiger partial charge in [0.15, 0.2) is 0 Å². The summed E-state index contributed by atoms with van der Waals surface area (Å²) in [5, 5.41) is 4.07. The molecule has 2 atom stereocenters. The smallest absolute Gasteiger partial charge is 0.246 e. The highest BCUT2D eigenvalue weighted by atomic mass is 16.2. The summed E-state index contributed by atoms with van der Waals surface area (Å²) in [6, 6.07) is 0. The number of likely N-dealkylation sites (tertiary alicyclic amines) is 1. The number of carbonyl (C=O) groups excluding carboxylic acids is 1. The van der Waals surface area contributed by atoms with E-state index in [4.69, 9.17) is 0 Å². The van der Waals surface area contributed by atoms with Crippen molar-refractivity contribution in [1.29, 1.82) is 0 Å². The lowest BCUT2D eigenvalue weighted by molar-refractivity contribution is -0.128. The van der Waals surface area contributed by atoms with E-state index in [1.165, 1.54) is 6.42 Å². The van der Waals surface area contributed by atoms with E-state index in [2.05, 4.69) is 18.9 Å². The Labute approximate surface area is 108 Å². The molecule has 0 bridgehead atoms. The summed E-state index contributed by atoms with van der Waals surface area (Å²) in [7, 11) is 1.87. The van der Waals surface area contributed by atoms with Gasteiger partial charge in [0.1, 0.15) is 0 Å². The number of nitrogens with zero attached hydrogens (tertiary/aromatic N) is 3. The van der Waals surface area contributed by atoms with Gasteiger partial charge in [0.05, 0.1) is 6.20 Å². The molecule has 1 aliphatic heterocycles. The van der Waals surface area contributed by atoms with Crippen molar-refractivity contribution >= 4 is 12.0 Å². The third kappa shape index (κ3) is 3.22. The van der Waals surface area contributed by atoms with Gasteiger partial charge < -0.3 is 4.90 Å². The van der Waals surface area contributed by atoms with Crippen molar-refractivity contribution in [3.8, 4) is 0 Å². The molecule has 4 nitrogen and oxygen atoms in total. The SMILES string of the molecule is CC1CC(C)CN(C(=O)/C=C/c2cnn(C)c2)C1. The fourth-order valence-electron chi connectivity index (χ4n) is 2.64. The van der Waals surface area contributed by atoms with Crippen molar-refractivity contribution in [1.82, 2.24) is 14.7 Å². The zero-order chi connectivity index (χ0) is 13.1. The van der Waals surface area contributed by atoms with Crippen molar-refractivity contribution in [3.63, 3.8) is 0 Å². The van der Waals surface area contributed by atoms with Crippen LogP contribution >= 0.6 is 0 Å². The van der Waals surface area contributed by atoms with Crippen LogP contribution in [-0.4, -0.2) is 33.7 Å². The van der Waals surface area contributed by atoms with Crippen molar-refractivity contribution in [2.24, 2.45) is 18.9 Å². The van der Waals surface area contributed by atoms with Crippen LogP contribution in [0.4, 0.5) is 0 Å². The van der Waals surface area contributed by atoms with Gasteiger partial charge in [-0.2, -0.15) is 5.10 Å². The molecule has 98 valence electrons. The average Bonchev–Trinajstić information content (AvgIpc) is 2.70. The molecule has 1 amide bonds. The second-order valence-electron chi connectivity index (χ2n) is 5.47. The molecule has 1 aromatic heterocycles. The van der Waals surface area contributed by atoms with Crippen molar-refractivity contribution in [3.05, 3.63) is 24.0 Å². The number of amides is 1. The van der Waals surface area contributed by atoms with Crippen LogP contribution in [-0.2, 0) is 11.8 Å². The number of rotatable bonds is 2. The summed E-state index contributed by atoms with van der Waals surface area (Å²) < 4.78 is 1.73. The highest BCUT2D eigenvalue weighted by molar-refractivity contribution is 5.91. The first-order valence-electron chi connectivity index (χ1n) is 6.50. The van der Waals surface area contributed by atoms with Gasteiger partial charge in [-0.15, -0.1) is 0 Å². The second-order valence-corrected chi connectivity index (χ2v) is 5.47. The number of carbonyl (C=O) groups is 1. The number of hydrogen-bond donors (Lipinski definition) is 0. The Hall–Kier alpha value is -1.58. The van der Waals surface area contributed by atoms with E-state index < -0.39 is 0 Å². The standard InChI is InChI=1S/C14H21N3O/c1-11-6-12(2)9-17(8-11)14(18)5-4-13-7-15-16(3)10-13/h4-5,7,10-12H,6,8-9H2,1-3H3/b5-4+. The summed E-state index contributed by atoms with van der Waals surface area (Å²) in [6.07, 6.45) is 8.35. The van der Waals surface area contributed by atoms with Crippen LogP contribution in [0.1, 0.15) is 25.8 Å². The monoisotopic (exact) mass is 247 g/mol. The van der Waals surface area contributed by atoms with Crippen LogP contribution in [0.5, 0.6) is 0 Å². The maximum atomic E-state index is 12.1. The van der Waals surface area contributed by atoms with Gasteiger partial charge in [-0.1, -0.05) is 13.8 Å². The van der Waals surface area contributed by atoms with E-state index in [9.17, 15) is 4.79 Å². The summed E-state index contributed by atoms with van der Waals surface area (Å²) in [4.78, 5) is 14.0. The van der Waals surface area contributed by atoms with E-state index in [-0.39, 0.29) is 5.91 Å². The van der Waals surface area contributed by atoms with Crippen LogP contribution in [0.3, 0.4) is 0 Å². The molecular formula is C14H21N3O. The third-order valence-corrected chi connectivity index (χ3v) is 3.32. The van der Waals surface area contributed by atoms with Gasteiger partial charge in [0, 0.05) is 38.0 Å². The number of hydrogen-bond acceptors (Lipinski definition) is 2. The van der Waals surface area contributed by atoms with E-state index >= 15 is 0 Å². The van der Waals surface area contributed by atoms with E-state index in [0.717, 1.165) is 18.7 Å². The van der Waals surface area contributed by atoms with Gasteiger partial charge in [-0.3, -0.25) is 9.48 Å². The molecule has 2 rings (SSSR count). The Morgan fingerprint density at radius 3 is 2.61 bits per heavy atom. The molecular weight excluding hydrogens is 226 g/mol. The largest absolute Gasteiger partial charge is 0.339 e. The van der Waals surface area contributed by atoms with Crippen LogP contribution in [0.15, 0.2) is 18.5 Å². The van der Waals surface area contributed by atoms with E-state index in [1.54, 1.807) is 17.0 Å². The zero-order valence-corrected chi connectivity index (χ0v) is 11.3. The average molecular weight is 247 g/mol. The molecule has 2 unspecified atom stereocenters. The molecule has 0 aliphatic carbocycles. The maximum absolute atomic E-state index is 12.1. The van der Waals surface area contributed by atoms with Crippen molar-refractivity contribution in [2.45, 2.75) is 20.3 Å². The van der Waals surface area contributed by atoms with Crippen LogP contribution < -0.4 is 0 Å². The lowest BCUT2D eigenvalue weighted by atomic mass is 9.92. The Balaban J connectivity index is 1.97. The van der Waals surface area contributed by atoms with Crippen LogP contribution in [0.25, 0.3) is 6.08 Å². The first-order valence-corrected chi connectivity index (χ1v) is 6.50. The Morgan fingerprint density at radius 2 is 2.06 bits per heavy atom. The highest BCUT2D eigenvalue weighted by Crippen LogP contribution is 2.21. The fraction of sp³-hybridized carbons (Fsp3) is 0.571. The lowest BCUT2D eigenvalue weighted by Gasteiger charge is -2.34. The van der Waals surface area contributed by atoms with E-state index in [1.807, 2.05) is 24.2 Å². The normalized spacial score (nSPS) is 24.7. The Morgan fingerprint density at radius 1 is 1.39 bits per heavy atom. The van der Waals surface area contributed by atoms with Gasteiger partial charge in [-0.25, -0.2) is 0 Å². The van der Waals surface area contributed by atoms with E-state index in [0.29, 0.717) is 11.8 Å². The molecule has 0 spiro atoms. The quantitative estimate of drug-likeness (QED) is 0.749. The second kappa shape index (κ2) is 5.38. The molecule has 0 radical (unpaired) electrons. The Bertz CT molecular complexity index is 440. The predicted molar refractivity (Wildman–Crippen MR) is 71.8 cm³/mol. The number of aryl methyl sites for hydroxylation is 1. The minimum Gasteiger partial charge on any atom is -0.339 e. The fourth-order valence-corrected chi connectivity index (χ4v) is 2.64. The molecule has 18 heavy (non-hydrogen) atoms. The molecule has 1 fully saturated rings. The van der Waals surface area contributed by atoms with Crippen molar-refractivity contribution in [2.75, 3.05) is 13.1 Å². The molecule has 1 saturated heterocycles. The third-order valence-electron chi connectivity index (χ3n) is 3.32. The number of aromatic nitrogens is 2. The summed E-state index contributed by atoms with van der Waals surface area (Å²) in [5.74, 6) is 1.31. The molecule has 2 heterocycles. The predicted octanol–water partition coefficient (Wildman–Crippen LogP) is 1.94. The minimum absolute atomic E-state index is 0.109. The van der Waals surface area contributed by atoms with Crippen LogP contribution in [0.2, 0.25) is 0 Å².